The lowest BCUT2D eigenvalue weighted by atomic mass is 10.0. The lowest BCUT2D eigenvalue weighted by molar-refractivity contribution is -0.141. The molecule has 1 atom stereocenters. The van der Waals surface area contributed by atoms with Crippen LogP contribution in [0.25, 0.3) is 0 Å². The van der Waals surface area contributed by atoms with Gasteiger partial charge in [-0.05, 0) is 18.9 Å². The molecule has 0 aliphatic carbocycles. The van der Waals surface area contributed by atoms with E-state index in [-0.39, 0.29) is 12.5 Å². The third-order valence-corrected chi connectivity index (χ3v) is 4.12. The number of thioether (sulfide) groups is 1. The van der Waals surface area contributed by atoms with Crippen LogP contribution in [-0.4, -0.2) is 29.3 Å². The second-order valence-electron chi connectivity index (χ2n) is 5.11. The van der Waals surface area contributed by atoms with Crippen LogP contribution in [-0.2, 0) is 15.3 Å². The monoisotopic (exact) mass is 309 g/mol. The van der Waals surface area contributed by atoms with Crippen molar-refractivity contribution in [3.8, 4) is 0 Å². The summed E-state index contributed by atoms with van der Waals surface area (Å²) in [4.78, 5) is 22.7. The number of nitrogens with one attached hydrogen (secondary N) is 1. The van der Waals surface area contributed by atoms with Crippen LogP contribution in [0.15, 0.2) is 24.3 Å². The van der Waals surface area contributed by atoms with Crippen LogP contribution in [0, 0.1) is 12.8 Å². The molecular formula is C16H23NO3S. The molecule has 0 aliphatic rings. The minimum absolute atomic E-state index is 0.102. The van der Waals surface area contributed by atoms with Crippen LogP contribution >= 0.6 is 11.8 Å². The van der Waals surface area contributed by atoms with E-state index in [9.17, 15) is 9.59 Å². The molecule has 0 bridgehead atoms. The van der Waals surface area contributed by atoms with Gasteiger partial charge in [-0.2, -0.15) is 0 Å². The number of hydrogen-bond donors (Lipinski definition) is 2. The normalized spacial score (nSPS) is 11.9. The van der Waals surface area contributed by atoms with Gasteiger partial charge in [-0.25, -0.2) is 0 Å². The second-order valence-corrected chi connectivity index (χ2v) is 6.10. The van der Waals surface area contributed by atoms with E-state index in [2.05, 4.69) is 11.4 Å². The third kappa shape index (κ3) is 7.18. The minimum atomic E-state index is -0.843. The molecule has 5 heteroatoms. The first kappa shape index (κ1) is 17.6. The Bertz CT molecular complexity index is 476. The summed E-state index contributed by atoms with van der Waals surface area (Å²) in [6.07, 6.45) is 1.39. The van der Waals surface area contributed by atoms with Crippen molar-refractivity contribution in [1.29, 1.82) is 0 Å². The van der Waals surface area contributed by atoms with E-state index in [4.69, 9.17) is 5.11 Å². The zero-order chi connectivity index (χ0) is 15.7. The summed E-state index contributed by atoms with van der Waals surface area (Å²) < 4.78 is 0. The van der Waals surface area contributed by atoms with Crippen molar-refractivity contribution < 1.29 is 14.7 Å². The molecule has 1 amide bonds. The Labute approximate surface area is 130 Å². The Morgan fingerprint density at radius 3 is 2.76 bits per heavy atom. The highest BCUT2D eigenvalue weighted by Gasteiger charge is 2.16. The number of carboxylic acids is 1. The zero-order valence-corrected chi connectivity index (χ0v) is 13.4. The van der Waals surface area contributed by atoms with Crippen LogP contribution in [0.5, 0.6) is 0 Å². The number of aliphatic carboxylic acids is 1. The molecular weight excluding hydrogens is 286 g/mol. The Morgan fingerprint density at radius 1 is 1.38 bits per heavy atom. The molecule has 0 saturated carbocycles. The van der Waals surface area contributed by atoms with Gasteiger partial charge in [0, 0.05) is 12.3 Å². The van der Waals surface area contributed by atoms with Crippen molar-refractivity contribution in [2.45, 2.75) is 32.4 Å². The molecule has 0 aliphatic heterocycles. The molecule has 1 unspecified atom stereocenters. The maximum Gasteiger partial charge on any atom is 0.308 e. The number of amides is 1. The average Bonchev–Trinajstić information content (AvgIpc) is 2.43. The highest BCUT2D eigenvalue weighted by atomic mass is 32.2. The summed E-state index contributed by atoms with van der Waals surface area (Å²) in [6, 6.07) is 8.19. The van der Waals surface area contributed by atoms with Crippen molar-refractivity contribution in [2.24, 2.45) is 5.92 Å². The van der Waals surface area contributed by atoms with E-state index in [1.165, 1.54) is 22.9 Å². The molecule has 0 aromatic heterocycles. The van der Waals surface area contributed by atoms with Gasteiger partial charge < -0.3 is 10.4 Å². The van der Waals surface area contributed by atoms with Gasteiger partial charge in [0.25, 0.3) is 0 Å². The summed E-state index contributed by atoms with van der Waals surface area (Å²) in [6.45, 7) is 4.20. The van der Waals surface area contributed by atoms with Gasteiger partial charge in [0.1, 0.15) is 0 Å². The summed E-state index contributed by atoms with van der Waals surface area (Å²) in [5.41, 5.74) is 2.41. The zero-order valence-electron chi connectivity index (χ0n) is 12.6. The van der Waals surface area contributed by atoms with E-state index >= 15 is 0 Å². The van der Waals surface area contributed by atoms with Crippen molar-refractivity contribution >= 4 is 23.6 Å². The molecule has 2 N–H and O–H groups in total. The quantitative estimate of drug-likeness (QED) is 0.736. The maximum absolute atomic E-state index is 11.7. The van der Waals surface area contributed by atoms with Gasteiger partial charge >= 0.3 is 5.97 Å². The highest BCUT2D eigenvalue weighted by Crippen LogP contribution is 2.13. The minimum Gasteiger partial charge on any atom is -0.481 e. The molecule has 1 rings (SSSR count). The largest absolute Gasteiger partial charge is 0.481 e. The summed E-state index contributed by atoms with van der Waals surface area (Å²) >= 11 is 1.54. The van der Waals surface area contributed by atoms with E-state index in [1.807, 2.05) is 32.0 Å². The van der Waals surface area contributed by atoms with Crippen LogP contribution in [0.2, 0.25) is 0 Å². The van der Waals surface area contributed by atoms with Gasteiger partial charge in [-0.1, -0.05) is 43.2 Å². The average molecular weight is 309 g/mol. The van der Waals surface area contributed by atoms with E-state index in [0.29, 0.717) is 12.2 Å². The van der Waals surface area contributed by atoms with Crippen molar-refractivity contribution in [3.05, 3.63) is 35.4 Å². The first-order valence-corrected chi connectivity index (χ1v) is 8.31. The van der Waals surface area contributed by atoms with Crippen molar-refractivity contribution in [2.75, 3.05) is 12.3 Å². The molecule has 0 fully saturated rings. The fourth-order valence-electron chi connectivity index (χ4n) is 2.01. The Morgan fingerprint density at radius 2 is 2.14 bits per heavy atom. The molecule has 0 spiro atoms. The second kappa shape index (κ2) is 9.45. The smallest absolute Gasteiger partial charge is 0.308 e. The number of carbonyl (C=O) groups is 2. The predicted molar refractivity (Wildman–Crippen MR) is 86.4 cm³/mol. The first-order chi connectivity index (χ1) is 10.0. The van der Waals surface area contributed by atoms with E-state index in [1.54, 1.807) is 0 Å². The standard InChI is InChI=1S/C16H23NO3S/c1-3-5-14(16(19)20)9-17-15(18)11-21-10-13-7-4-6-12(2)8-13/h4,6-8,14H,3,5,9-11H2,1-2H3,(H,17,18)(H,19,20). The van der Waals surface area contributed by atoms with Gasteiger partial charge in [-0.15, -0.1) is 11.8 Å². The summed E-state index contributed by atoms with van der Waals surface area (Å²) in [7, 11) is 0. The van der Waals surface area contributed by atoms with Crippen molar-refractivity contribution in [1.82, 2.24) is 5.32 Å². The highest BCUT2D eigenvalue weighted by molar-refractivity contribution is 7.99. The predicted octanol–water partition coefficient (Wildman–Crippen LogP) is 2.85. The molecule has 116 valence electrons. The van der Waals surface area contributed by atoms with Gasteiger partial charge in [-0.3, -0.25) is 9.59 Å². The number of carbonyl (C=O) groups excluding carboxylic acids is 1. The van der Waals surface area contributed by atoms with Gasteiger partial charge in [0.05, 0.1) is 11.7 Å². The number of carboxylic acid groups (broad SMARTS) is 1. The molecule has 1 aromatic carbocycles. The third-order valence-electron chi connectivity index (χ3n) is 3.12. The van der Waals surface area contributed by atoms with E-state index in [0.717, 1.165) is 12.2 Å². The van der Waals surface area contributed by atoms with Crippen LogP contribution in [0.4, 0.5) is 0 Å². The first-order valence-electron chi connectivity index (χ1n) is 7.15. The van der Waals surface area contributed by atoms with Crippen molar-refractivity contribution in [3.63, 3.8) is 0 Å². The Balaban J connectivity index is 2.26. The molecule has 0 radical (unpaired) electrons. The lowest BCUT2D eigenvalue weighted by Crippen LogP contribution is -2.33. The van der Waals surface area contributed by atoms with Crippen LogP contribution in [0.3, 0.4) is 0 Å². The number of hydrogen-bond acceptors (Lipinski definition) is 3. The number of rotatable bonds is 9. The van der Waals surface area contributed by atoms with Gasteiger partial charge in [0.15, 0.2) is 0 Å². The maximum atomic E-state index is 11.7. The van der Waals surface area contributed by atoms with Crippen LogP contribution in [0.1, 0.15) is 30.9 Å². The topological polar surface area (TPSA) is 66.4 Å². The van der Waals surface area contributed by atoms with E-state index < -0.39 is 11.9 Å². The molecule has 0 saturated heterocycles. The SMILES string of the molecule is CCCC(CNC(=O)CSCc1cccc(C)c1)C(=O)O. The summed E-state index contributed by atoms with van der Waals surface area (Å²) in [5.74, 6) is -0.293. The molecule has 1 aromatic rings. The molecule has 0 heterocycles. The van der Waals surface area contributed by atoms with Crippen LogP contribution < -0.4 is 5.32 Å². The molecule has 4 nitrogen and oxygen atoms in total. The number of benzene rings is 1. The fraction of sp³-hybridized carbons (Fsp3) is 0.500. The summed E-state index contributed by atoms with van der Waals surface area (Å²) in [5, 5.41) is 11.7. The number of aryl methyl sites for hydroxylation is 1. The Kier molecular flexibility index (Phi) is 7.90. The molecule has 21 heavy (non-hydrogen) atoms. The lowest BCUT2D eigenvalue weighted by Gasteiger charge is -2.12. The fourth-order valence-corrected chi connectivity index (χ4v) is 2.82. The Hall–Kier alpha value is -1.49. The van der Waals surface area contributed by atoms with Gasteiger partial charge in [0.2, 0.25) is 5.91 Å².